The van der Waals surface area contributed by atoms with E-state index in [4.69, 9.17) is 4.74 Å². The molecule has 0 fully saturated rings. The number of amides is 2. The number of ether oxygens (including phenoxy) is 1. The number of alkyl carbamates (subject to hydrolysis) is 1. The van der Waals surface area contributed by atoms with Crippen molar-refractivity contribution in [2.45, 2.75) is 77.9 Å². The van der Waals surface area contributed by atoms with Crippen LogP contribution in [0.5, 0.6) is 0 Å². The Hall–Kier alpha value is -3.22. The number of carbonyl (C=O) groups is 4. The molecule has 2 N–H and O–H groups in total. The monoisotopic (exact) mass is 468 g/mol. The average molecular weight is 469 g/mol. The molecule has 0 aromatic heterocycles. The predicted molar refractivity (Wildman–Crippen MR) is 133 cm³/mol. The normalized spacial score (nSPS) is 12.1. The molecule has 0 saturated heterocycles. The van der Waals surface area contributed by atoms with Gasteiger partial charge in [-0.2, -0.15) is 0 Å². The van der Waals surface area contributed by atoms with E-state index in [0.29, 0.717) is 31.2 Å². The van der Waals surface area contributed by atoms with E-state index in [9.17, 15) is 19.2 Å². The van der Waals surface area contributed by atoms with Crippen LogP contribution in [-0.2, 0) is 14.3 Å². The molecule has 0 radical (unpaired) electrons. The van der Waals surface area contributed by atoms with Crippen molar-refractivity contribution in [1.29, 1.82) is 0 Å². The van der Waals surface area contributed by atoms with Gasteiger partial charge in [-0.05, 0) is 50.5 Å². The summed E-state index contributed by atoms with van der Waals surface area (Å²) in [5, 5.41) is 7.26. The summed E-state index contributed by atoms with van der Waals surface area (Å²) in [6.07, 6.45) is 2.91. The number of hydrogen-bond acceptors (Lipinski definition) is 5. The van der Waals surface area contributed by atoms with E-state index in [1.54, 1.807) is 32.9 Å². The molecule has 0 aliphatic heterocycles. The van der Waals surface area contributed by atoms with E-state index in [0.717, 1.165) is 23.6 Å². The molecule has 184 valence electrons. The van der Waals surface area contributed by atoms with Crippen molar-refractivity contribution in [3.05, 3.63) is 48.0 Å². The van der Waals surface area contributed by atoms with Gasteiger partial charge in [0.25, 0.3) is 0 Å². The zero-order chi connectivity index (χ0) is 25.1. The zero-order valence-electron chi connectivity index (χ0n) is 20.6. The minimum atomic E-state index is -0.832. The van der Waals surface area contributed by atoms with Gasteiger partial charge in [-0.3, -0.25) is 14.4 Å². The summed E-state index contributed by atoms with van der Waals surface area (Å²) < 4.78 is 5.29. The van der Waals surface area contributed by atoms with Crippen molar-refractivity contribution in [2.75, 3.05) is 6.54 Å². The largest absolute Gasteiger partial charge is 0.444 e. The van der Waals surface area contributed by atoms with Crippen molar-refractivity contribution >= 4 is 34.3 Å². The summed E-state index contributed by atoms with van der Waals surface area (Å²) in [7, 11) is 0. The molecule has 34 heavy (non-hydrogen) atoms. The molecule has 0 aliphatic rings. The second kappa shape index (κ2) is 12.9. The molecule has 0 bridgehead atoms. The maximum absolute atomic E-state index is 12.8. The first kappa shape index (κ1) is 27.0. The first-order chi connectivity index (χ1) is 16.1. The summed E-state index contributed by atoms with van der Waals surface area (Å²) in [4.78, 5) is 49.2. The molecular formula is C27H36N2O5. The fourth-order valence-electron chi connectivity index (χ4n) is 3.50. The Morgan fingerprint density at radius 2 is 1.65 bits per heavy atom. The third-order valence-electron chi connectivity index (χ3n) is 5.34. The van der Waals surface area contributed by atoms with Gasteiger partial charge < -0.3 is 15.4 Å². The summed E-state index contributed by atoms with van der Waals surface area (Å²) in [5.41, 5.74) is -0.186. The Morgan fingerprint density at radius 1 is 0.941 bits per heavy atom. The molecule has 2 aromatic rings. The van der Waals surface area contributed by atoms with Crippen molar-refractivity contribution in [3.8, 4) is 0 Å². The van der Waals surface area contributed by atoms with Crippen LogP contribution in [0.3, 0.4) is 0 Å². The van der Waals surface area contributed by atoms with E-state index in [2.05, 4.69) is 10.6 Å². The summed E-state index contributed by atoms with van der Waals surface area (Å²) in [6.45, 7) is 6.90. The van der Waals surface area contributed by atoms with E-state index >= 15 is 0 Å². The van der Waals surface area contributed by atoms with Gasteiger partial charge >= 0.3 is 6.09 Å². The van der Waals surface area contributed by atoms with E-state index in [-0.39, 0.29) is 18.1 Å². The first-order valence-electron chi connectivity index (χ1n) is 11.9. The van der Waals surface area contributed by atoms with Crippen LogP contribution in [0, 0.1) is 0 Å². The third kappa shape index (κ3) is 9.33. The van der Waals surface area contributed by atoms with E-state index in [1.807, 2.05) is 37.3 Å². The minimum Gasteiger partial charge on any atom is -0.444 e. The number of rotatable bonds is 12. The van der Waals surface area contributed by atoms with Gasteiger partial charge in [-0.1, -0.05) is 56.2 Å². The maximum atomic E-state index is 12.8. The number of hydrogen-bond donors (Lipinski definition) is 2. The second-order valence-electron chi connectivity index (χ2n) is 9.39. The van der Waals surface area contributed by atoms with E-state index < -0.39 is 23.6 Å². The molecule has 2 rings (SSSR count). The zero-order valence-corrected chi connectivity index (χ0v) is 20.6. The number of nitrogens with one attached hydrogen (secondary N) is 2. The topological polar surface area (TPSA) is 102 Å². The molecular weight excluding hydrogens is 432 g/mol. The van der Waals surface area contributed by atoms with Gasteiger partial charge in [-0.25, -0.2) is 4.79 Å². The van der Waals surface area contributed by atoms with Crippen LogP contribution in [0.4, 0.5) is 4.79 Å². The lowest BCUT2D eigenvalue weighted by Gasteiger charge is -2.23. The Kier molecular flexibility index (Phi) is 10.2. The second-order valence-corrected chi connectivity index (χ2v) is 9.39. The highest BCUT2D eigenvalue weighted by molar-refractivity contribution is 6.02. The summed E-state index contributed by atoms with van der Waals surface area (Å²) in [5.74, 6) is -0.439. The number of benzene rings is 2. The van der Waals surface area contributed by atoms with Crippen molar-refractivity contribution in [2.24, 2.45) is 0 Å². The van der Waals surface area contributed by atoms with Crippen LogP contribution in [0.1, 0.15) is 76.6 Å². The molecule has 2 aromatic carbocycles. The lowest BCUT2D eigenvalue weighted by Crippen LogP contribution is -2.49. The van der Waals surface area contributed by atoms with Gasteiger partial charge in [0.2, 0.25) is 5.91 Å². The molecule has 1 atom stereocenters. The van der Waals surface area contributed by atoms with Crippen LogP contribution in [0.25, 0.3) is 10.8 Å². The Morgan fingerprint density at radius 3 is 2.32 bits per heavy atom. The Labute approximate surface area is 201 Å². The lowest BCUT2D eigenvalue weighted by atomic mass is 10.0. The molecule has 7 nitrogen and oxygen atoms in total. The molecule has 2 amide bonds. The van der Waals surface area contributed by atoms with Gasteiger partial charge in [0.05, 0.1) is 6.54 Å². The third-order valence-corrected chi connectivity index (χ3v) is 5.34. The van der Waals surface area contributed by atoms with Crippen LogP contribution in [0.15, 0.2) is 42.5 Å². The van der Waals surface area contributed by atoms with Crippen molar-refractivity contribution in [1.82, 2.24) is 10.6 Å². The smallest absolute Gasteiger partial charge is 0.408 e. The average Bonchev–Trinajstić information content (AvgIpc) is 2.79. The molecule has 7 heteroatoms. The van der Waals surface area contributed by atoms with Crippen LogP contribution >= 0.6 is 0 Å². The summed E-state index contributed by atoms with van der Waals surface area (Å²) in [6, 6.07) is 12.3. The van der Waals surface area contributed by atoms with Gasteiger partial charge in [-0.15, -0.1) is 0 Å². The highest BCUT2D eigenvalue weighted by atomic mass is 16.6. The Bertz CT molecular complexity index is 1010. The summed E-state index contributed by atoms with van der Waals surface area (Å²) >= 11 is 0. The van der Waals surface area contributed by atoms with Gasteiger partial charge in [0, 0.05) is 18.4 Å². The standard InChI is InChI=1S/C27H36N2O5/c1-5-22(30)13-7-6-8-14-23(29-26(33)34-27(2,3)4)25(32)28-18-24(31)21-16-15-19-11-9-10-12-20(19)17-21/h9-12,15-17,23H,5-8,13-14,18H2,1-4H3,(H,28,32)(H,29,33)/t23-/m0/s1. The minimum absolute atomic E-state index is 0.172. The first-order valence-corrected chi connectivity index (χ1v) is 11.9. The molecule has 0 spiro atoms. The lowest BCUT2D eigenvalue weighted by molar-refractivity contribution is -0.123. The molecule has 0 aliphatic carbocycles. The fraction of sp³-hybridized carbons (Fsp3) is 0.481. The quantitative estimate of drug-likeness (QED) is 0.339. The van der Waals surface area contributed by atoms with Gasteiger partial charge in [0.15, 0.2) is 5.78 Å². The highest BCUT2D eigenvalue weighted by Gasteiger charge is 2.24. The molecule has 0 saturated carbocycles. The SMILES string of the molecule is CCC(=O)CCCCC[C@H](NC(=O)OC(C)(C)C)C(=O)NCC(=O)c1ccc2ccccc2c1. The number of Topliss-reactive ketones (excluding diaryl/α,β-unsaturated/α-hetero) is 2. The number of fused-ring (bicyclic) bond motifs is 1. The van der Waals surface area contributed by atoms with Crippen molar-refractivity contribution < 1.29 is 23.9 Å². The van der Waals surface area contributed by atoms with Crippen molar-refractivity contribution in [3.63, 3.8) is 0 Å². The molecule has 0 heterocycles. The van der Waals surface area contributed by atoms with E-state index in [1.165, 1.54) is 0 Å². The Balaban J connectivity index is 1.95. The fourth-order valence-corrected chi connectivity index (χ4v) is 3.50. The van der Waals surface area contributed by atoms with Crippen LogP contribution in [-0.4, -0.2) is 41.8 Å². The number of ketones is 2. The molecule has 0 unspecified atom stereocenters. The highest BCUT2D eigenvalue weighted by Crippen LogP contribution is 2.16. The number of carbonyl (C=O) groups excluding carboxylic acids is 4. The van der Waals surface area contributed by atoms with Crippen LogP contribution < -0.4 is 10.6 Å². The van der Waals surface area contributed by atoms with Crippen LogP contribution in [0.2, 0.25) is 0 Å². The number of unbranched alkanes of at least 4 members (excludes halogenated alkanes) is 2. The predicted octanol–water partition coefficient (Wildman–Crippen LogP) is 4.96. The van der Waals surface area contributed by atoms with Gasteiger partial charge in [0.1, 0.15) is 17.4 Å². The maximum Gasteiger partial charge on any atom is 0.408 e.